The molecule has 1 aromatic heterocycles. The van der Waals surface area contributed by atoms with Gasteiger partial charge in [0.05, 0.1) is 25.5 Å². The normalized spacial score (nSPS) is 13.9. The quantitative estimate of drug-likeness (QED) is 0.769. The fourth-order valence-electron chi connectivity index (χ4n) is 2.20. The van der Waals surface area contributed by atoms with Crippen molar-refractivity contribution in [1.82, 2.24) is 10.3 Å². The minimum atomic E-state index is 0.557. The molecule has 0 amide bonds. The van der Waals surface area contributed by atoms with Crippen molar-refractivity contribution in [2.45, 2.75) is 52.9 Å². The molecule has 19 heavy (non-hydrogen) atoms. The van der Waals surface area contributed by atoms with Gasteiger partial charge in [0.1, 0.15) is 5.75 Å². The summed E-state index contributed by atoms with van der Waals surface area (Å²) in [6.07, 6.45) is 4.09. The third kappa shape index (κ3) is 3.91. The summed E-state index contributed by atoms with van der Waals surface area (Å²) in [5.41, 5.74) is 3.32. The van der Waals surface area contributed by atoms with Crippen LogP contribution < -0.4 is 10.1 Å². The molecule has 1 aliphatic heterocycles. The van der Waals surface area contributed by atoms with Crippen molar-refractivity contribution >= 4 is 0 Å². The van der Waals surface area contributed by atoms with Crippen LogP contribution in [0.15, 0.2) is 6.20 Å². The van der Waals surface area contributed by atoms with Crippen molar-refractivity contribution in [2.75, 3.05) is 13.2 Å². The second-order valence-electron chi connectivity index (χ2n) is 5.33. The lowest BCUT2D eigenvalue weighted by Gasteiger charge is -2.12. The Labute approximate surface area is 115 Å². The summed E-state index contributed by atoms with van der Waals surface area (Å²) in [4.78, 5) is 4.37. The van der Waals surface area contributed by atoms with Crippen molar-refractivity contribution in [3.8, 4) is 5.75 Å². The van der Waals surface area contributed by atoms with Gasteiger partial charge in [0.15, 0.2) is 0 Å². The Hall–Kier alpha value is -1.13. The lowest BCUT2D eigenvalue weighted by atomic mass is 10.1. The lowest BCUT2D eigenvalue weighted by molar-refractivity contribution is 0.133. The molecule has 4 heteroatoms. The van der Waals surface area contributed by atoms with Crippen molar-refractivity contribution in [3.63, 3.8) is 0 Å². The zero-order valence-corrected chi connectivity index (χ0v) is 12.2. The molecule has 1 N–H and O–H groups in total. The zero-order valence-electron chi connectivity index (χ0n) is 12.2. The van der Waals surface area contributed by atoms with Gasteiger partial charge in [-0.05, 0) is 26.3 Å². The summed E-state index contributed by atoms with van der Waals surface area (Å²) in [6.45, 7) is 9.44. The minimum absolute atomic E-state index is 0.557. The van der Waals surface area contributed by atoms with E-state index in [0.717, 1.165) is 37.4 Å². The van der Waals surface area contributed by atoms with E-state index in [1.54, 1.807) is 0 Å². The molecule has 0 saturated heterocycles. The number of unbranched alkanes of at least 4 members (excludes halogenated alkanes) is 1. The second-order valence-corrected chi connectivity index (χ2v) is 5.33. The van der Waals surface area contributed by atoms with Gasteiger partial charge in [0.2, 0.25) is 0 Å². The Balaban J connectivity index is 1.79. The van der Waals surface area contributed by atoms with Gasteiger partial charge in [-0.3, -0.25) is 4.98 Å². The Morgan fingerprint density at radius 1 is 1.37 bits per heavy atom. The number of hydrogen-bond acceptors (Lipinski definition) is 4. The lowest BCUT2D eigenvalue weighted by Crippen LogP contribution is -2.23. The molecule has 0 unspecified atom stereocenters. The number of aryl methyl sites for hydroxylation is 1. The predicted molar refractivity (Wildman–Crippen MR) is 75.3 cm³/mol. The van der Waals surface area contributed by atoms with Crippen LogP contribution >= 0.6 is 0 Å². The highest BCUT2D eigenvalue weighted by Gasteiger charge is 2.18. The average Bonchev–Trinajstić information content (AvgIpc) is 2.83. The van der Waals surface area contributed by atoms with Gasteiger partial charge in [-0.1, -0.05) is 13.8 Å². The molecular formula is C15H24N2O2. The van der Waals surface area contributed by atoms with Gasteiger partial charge in [-0.15, -0.1) is 0 Å². The average molecular weight is 264 g/mol. The SMILES string of the molecule is Cc1ncc2c(c1OCCCCNC(C)C)COC2. The molecule has 0 bridgehead atoms. The van der Waals surface area contributed by atoms with Gasteiger partial charge in [-0.25, -0.2) is 0 Å². The fourth-order valence-corrected chi connectivity index (χ4v) is 2.20. The topological polar surface area (TPSA) is 43.4 Å². The molecule has 0 atom stereocenters. The number of pyridine rings is 1. The highest BCUT2D eigenvalue weighted by atomic mass is 16.5. The number of nitrogens with one attached hydrogen (secondary N) is 1. The molecule has 0 aliphatic carbocycles. The molecule has 0 saturated carbocycles. The first-order valence-electron chi connectivity index (χ1n) is 7.09. The number of nitrogens with zero attached hydrogens (tertiary/aromatic N) is 1. The molecule has 2 heterocycles. The van der Waals surface area contributed by atoms with Crippen LogP contribution in [0.3, 0.4) is 0 Å². The van der Waals surface area contributed by atoms with E-state index in [1.807, 2.05) is 13.1 Å². The molecule has 106 valence electrons. The Morgan fingerprint density at radius 2 is 2.21 bits per heavy atom. The summed E-state index contributed by atoms with van der Waals surface area (Å²) >= 11 is 0. The van der Waals surface area contributed by atoms with E-state index >= 15 is 0 Å². The number of aromatic nitrogens is 1. The third-order valence-electron chi connectivity index (χ3n) is 3.28. The van der Waals surface area contributed by atoms with Gasteiger partial charge >= 0.3 is 0 Å². The summed E-state index contributed by atoms with van der Waals surface area (Å²) in [5, 5.41) is 3.41. The molecule has 0 spiro atoms. The van der Waals surface area contributed by atoms with Crippen molar-refractivity contribution in [2.24, 2.45) is 0 Å². The molecule has 1 aliphatic rings. The molecule has 0 aromatic carbocycles. The Bertz CT molecular complexity index is 419. The number of hydrogen-bond donors (Lipinski definition) is 1. The fraction of sp³-hybridized carbons (Fsp3) is 0.667. The van der Waals surface area contributed by atoms with Gasteiger partial charge in [0.25, 0.3) is 0 Å². The van der Waals surface area contributed by atoms with E-state index in [-0.39, 0.29) is 0 Å². The van der Waals surface area contributed by atoms with Crippen LogP contribution in [0.5, 0.6) is 5.75 Å². The van der Waals surface area contributed by atoms with Gasteiger partial charge in [-0.2, -0.15) is 0 Å². The number of fused-ring (bicyclic) bond motifs is 1. The molecule has 2 rings (SSSR count). The summed E-state index contributed by atoms with van der Waals surface area (Å²) in [5.74, 6) is 0.937. The van der Waals surface area contributed by atoms with E-state index in [4.69, 9.17) is 9.47 Å². The first kappa shape index (κ1) is 14.3. The maximum atomic E-state index is 5.92. The molecule has 0 fully saturated rings. The summed E-state index contributed by atoms with van der Waals surface area (Å²) in [7, 11) is 0. The van der Waals surface area contributed by atoms with E-state index in [1.165, 1.54) is 11.1 Å². The number of ether oxygens (including phenoxy) is 2. The predicted octanol–water partition coefficient (Wildman–Crippen LogP) is 2.58. The second kappa shape index (κ2) is 6.87. The smallest absolute Gasteiger partial charge is 0.146 e. The van der Waals surface area contributed by atoms with E-state index in [2.05, 4.69) is 24.1 Å². The highest BCUT2D eigenvalue weighted by molar-refractivity contribution is 5.42. The maximum absolute atomic E-state index is 5.92. The van der Waals surface area contributed by atoms with Gasteiger partial charge < -0.3 is 14.8 Å². The van der Waals surface area contributed by atoms with Crippen LogP contribution in [0.25, 0.3) is 0 Å². The maximum Gasteiger partial charge on any atom is 0.146 e. The molecular weight excluding hydrogens is 240 g/mol. The Morgan fingerprint density at radius 3 is 3.00 bits per heavy atom. The minimum Gasteiger partial charge on any atom is -0.491 e. The first-order chi connectivity index (χ1) is 9.18. The van der Waals surface area contributed by atoms with Crippen LogP contribution in [0.4, 0.5) is 0 Å². The molecule has 4 nitrogen and oxygen atoms in total. The van der Waals surface area contributed by atoms with E-state index in [9.17, 15) is 0 Å². The van der Waals surface area contributed by atoms with Crippen LogP contribution in [0.1, 0.15) is 43.5 Å². The van der Waals surface area contributed by atoms with Crippen LogP contribution in [-0.2, 0) is 18.0 Å². The first-order valence-corrected chi connectivity index (χ1v) is 7.09. The highest BCUT2D eigenvalue weighted by Crippen LogP contribution is 2.30. The molecule has 1 aromatic rings. The van der Waals surface area contributed by atoms with Crippen LogP contribution in [0.2, 0.25) is 0 Å². The zero-order chi connectivity index (χ0) is 13.7. The summed E-state index contributed by atoms with van der Waals surface area (Å²) < 4.78 is 11.4. The standard InChI is InChI=1S/C15H24N2O2/c1-11(2)16-6-4-5-7-19-15-12(3)17-8-13-9-18-10-14(13)15/h8,11,16H,4-7,9-10H2,1-3H3. The monoisotopic (exact) mass is 264 g/mol. The Kier molecular flexibility index (Phi) is 5.16. The van der Waals surface area contributed by atoms with E-state index < -0.39 is 0 Å². The van der Waals surface area contributed by atoms with Crippen molar-refractivity contribution in [1.29, 1.82) is 0 Å². The van der Waals surface area contributed by atoms with Crippen LogP contribution in [-0.4, -0.2) is 24.2 Å². The van der Waals surface area contributed by atoms with Crippen molar-refractivity contribution < 1.29 is 9.47 Å². The van der Waals surface area contributed by atoms with Gasteiger partial charge in [0, 0.05) is 23.4 Å². The van der Waals surface area contributed by atoms with Crippen LogP contribution in [0, 0.1) is 6.92 Å². The third-order valence-corrected chi connectivity index (χ3v) is 3.28. The number of rotatable bonds is 7. The molecule has 0 radical (unpaired) electrons. The van der Waals surface area contributed by atoms with E-state index in [0.29, 0.717) is 19.3 Å². The largest absolute Gasteiger partial charge is 0.491 e. The van der Waals surface area contributed by atoms with Crippen molar-refractivity contribution in [3.05, 3.63) is 23.0 Å². The summed E-state index contributed by atoms with van der Waals surface area (Å²) in [6, 6.07) is 0.557.